The van der Waals surface area contributed by atoms with Crippen molar-refractivity contribution in [3.05, 3.63) is 64.7 Å². The summed E-state index contributed by atoms with van der Waals surface area (Å²) in [6.07, 6.45) is 1.83. The molecule has 0 amide bonds. The van der Waals surface area contributed by atoms with Gasteiger partial charge in [-0.15, -0.1) is 11.8 Å². The largest absolute Gasteiger partial charge is 0.340 e. The van der Waals surface area contributed by atoms with E-state index in [2.05, 4.69) is 5.32 Å². The number of hydrogen-bond donors (Lipinski definition) is 1. The summed E-state index contributed by atoms with van der Waals surface area (Å²) in [6.45, 7) is 0.300. The second kappa shape index (κ2) is 6.08. The molecule has 0 bridgehead atoms. The Hall–Kier alpha value is -1.53. The lowest BCUT2D eigenvalue weighted by Crippen LogP contribution is -2.35. The summed E-state index contributed by atoms with van der Waals surface area (Å²) in [5, 5.41) is 2.94. The van der Waals surface area contributed by atoms with Crippen LogP contribution in [0, 0.1) is 0 Å². The van der Waals surface area contributed by atoms with Crippen LogP contribution in [0.25, 0.3) is 0 Å². The van der Waals surface area contributed by atoms with E-state index in [-0.39, 0.29) is 11.1 Å². The van der Waals surface area contributed by atoms with Gasteiger partial charge in [0, 0.05) is 28.5 Å². The molecule has 6 heteroatoms. The quantitative estimate of drug-likeness (QED) is 0.617. The molecule has 0 fully saturated rings. The summed E-state index contributed by atoms with van der Waals surface area (Å²) >= 11 is 1.40. The van der Waals surface area contributed by atoms with Crippen LogP contribution in [-0.4, -0.2) is 19.8 Å². The van der Waals surface area contributed by atoms with E-state index in [1.54, 1.807) is 19.2 Å². The van der Waals surface area contributed by atoms with Crippen molar-refractivity contribution in [1.29, 1.82) is 0 Å². The van der Waals surface area contributed by atoms with Gasteiger partial charge in [-0.3, -0.25) is 0 Å². The Morgan fingerprint density at radius 1 is 0.958 bits per heavy atom. The minimum atomic E-state index is -4.27. The van der Waals surface area contributed by atoms with E-state index in [9.17, 15) is 17.6 Å². The van der Waals surface area contributed by atoms with Crippen LogP contribution in [0.4, 0.5) is 17.6 Å². The number of benzene rings is 2. The van der Waals surface area contributed by atoms with Gasteiger partial charge >= 0.3 is 11.8 Å². The Balaban J connectivity index is 2.38. The van der Waals surface area contributed by atoms with Crippen LogP contribution in [0.1, 0.15) is 28.2 Å². The standard InChI is InChI=1S/C18H17F4NS/c1-23-10-14-12-5-3-4-6-15(12)17(19,20)18(21,22)16-8-7-11(24-2)9-13(14)16/h3-9,14,23H,10H2,1-2H3. The Bertz CT molecular complexity index is 760. The number of rotatable bonds is 3. The van der Waals surface area contributed by atoms with Gasteiger partial charge in [0.15, 0.2) is 0 Å². The fourth-order valence-electron chi connectivity index (χ4n) is 3.26. The van der Waals surface area contributed by atoms with Gasteiger partial charge in [0.1, 0.15) is 0 Å². The minimum Gasteiger partial charge on any atom is -0.319 e. The number of nitrogens with one attached hydrogen (secondary N) is 1. The molecule has 0 saturated carbocycles. The number of halogens is 4. The van der Waals surface area contributed by atoms with Crippen molar-refractivity contribution in [3.63, 3.8) is 0 Å². The van der Waals surface area contributed by atoms with E-state index < -0.39 is 28.9 Å². The highest BCUT2D eigenvalue weighted by molar-refractivity contribution is 7.98. The molecule has 0 saturated heterocycles. The Morgan fingerprint density at radius 3 is 2.21 bits per heavy atom. The maximum Gasteiger partial charge on any atom is 0.340 e. The van der Waals surface area contributed by atoms with Crippen LogP contribution >= 0.6 is 11.8 Å². The van der Waals surface area contributed by atoms with Gasteiger partial charge in [0.2, 0.25) is 0 Å². The van der Waals surface area contributed by atoms with E-state index >= 15 is 0 Å². The predicted molar refractivity (Wildman–Crippen MR) is 88.2 cm³/mol. The summed E-state index contributed by atoms with van der Waals surface area (Å²) < 4.78 is 59.0. The third kappa shape index (κ3) is 2.43. The van der Waals surface area contributed by atoms with Crippen LogP contribution in [0.5, 0.6) is 0 Å². The number of alkyl halides is 4. The lowest BCUT2D eigenvalue weighted by Gasteiger charge is -2.27. The molecule has 1 atom stereocenters. The second-order valence-corrected chi connectivity index (χ2v) is 6.68. The zero-order valence-electron chi connectivity index (χ0n) is 13.2. The maximum atomic E-state index is 14.8. The van der Waals surface area contributed by atoms with E-state index in [1.165, 1.54) is 30.0 Å². The summed E-state index contributed by atoms with van der Waals surface area (Å²) in [7, 11) is 1.68. The Morgan fingerprint density at radius 2 is 1.58 bits per heavy atom. The van der Waals surface area contributed by atoms with E-state index in [1.807, 2.05) is 6.26 Å². The van der Waals surface area contributed by atoms with E-state index in [0.717, 1.165) is 17.0 Å². The average Bonchev–Trinajstić information content (AvgIpc) is 2.63. The van der Waals surface area contributed by atoms with Crippen molar-refractivity contribution < 1.29 is 17.6 Å². The predicted octanol–water partition coefficient (Wildman–Crippen LogP) is 4.96. The number of hydrogen-bond acceptors (Lipinski definition) is 2. The smallest absolute Gasteiger partial charge is 0.319 e. The molecule has 3 rings (SSSR count). The highest BCUT2D eigenvalue weighted by atomic mass is 32.2. The summed E-state index contributed by atoms with van der Waals surface area (Å²) in [4.78, 5) is 0.772. The third-order valence-corrected chi connectivity index (χ3v) is 5.17. The highest BCUT2D eigenvalue weighted by Crippen LogP contribution is 2.56. The second-order valence-electron chi connectivity index (χ2n) is 5.80. The first kappa shape index (κ1) is 17.3. The molecule has 0 aromatic heterocycles. The first-order chi connectivity index (χ1) is 11.3. The average molecular weight is 355 g/mol. The third-order valence-electron chi connectivity index (χ3n) is 4.45. The van der Waals surface area contributed by atoms with Gasteiger partial charge in [0.25, 0.3) is 0 Å². The van der Waals surface area contributed by atoms with Crippen LogP contribution in [0.3, 0.4) is 0 Å². The van der Waals surface area contributed by atoms with Crippen LogP contribution in [-0.2, 0) is 11.8 Å². The zero-order valence-corrected chi connectivity index (χ0v) is 14.1. The summed E-state index contributed by atoms with van der Waals surface area (Å²) in [5.74, 6) is -9.09. The molecule has 0 spiro atoms. The lowest BCUT2D eigenvalue weighted by atomic mass is 9.88. The number of thioether (sulfide) groups is 1. The monoisotopic (exact) mass is 355 g/mol. The normalized spacial score (nSPS) is 20.8. The van der Waals surface area contributed by atoms with E-state index in [4.69, 9.17) is 0 Å². The molecule has 1 aliphatic carbocycles. The minimum absolute atomic E-state index is 0.244. The van der Waals surface area contributed by atoms with Gasteiger partial charge in [0.05, 0.1) is 0 Å². The van der Waals surface area contributed by atoms with Crippen molar-refractivity contribution in [2.24, 2.45) is 0 Å². The molecule has 1 N–H and O–H groups in total. The van der Waals surface area contributed by atoms with Gasteiger partial charge in [-0.1, -0.05) is 30.3 Å². The molecule has 1 nitrogen and oxygen atoms in total. The lowest BCUT2D eigenvalue weighted by molar-refractivity contribution is -0.223. The van der Waals surface area contributed by atoms with E-state index in [0.29, 0.717) is 6.54 Å². The van der Waals surface area contributed by atoms with Crippen molar-refractivity contribution in [1.82, 2.24) is 5.32 Å². The SMILES string of the molecule is CNCC1c2ccccc2C(F)(F)C(F)(F)c2ccc(SC)cc21. The molecular formula is C18H17F4NS. The molecular weight excluding hydrogens is 338 g/mol. The van der Waals surface area contributed by atoms with Crippen molar-refractivity contribution in [3.8, 4) is 0 Å². The number of fused-ring (bicyclic) bond motifs is 2. The highest BCUT2D eigenvalue weighted by Gasteiger charge is 2.62. The molecule has 0 aliphatic heterocycles. The first-order valence-electron chi connectivity index (χ1n) is 7.52. The van der Waals surface area contributed by atoms with Crippen molar-refractivity contribution in [2.75, 3.05) is 19.8 Å². The van der Waals surface area contributed by atoms with Gasteiger partial charge in [-0.25, -0.2) is 0 Å². The van der Waals surface area contributed by atoms with Crippen molar-refractivity contribution in [2.45, 2.75) is 22.7 Å². The molecule has 0 radical (unpaired) electrons. The van der Waals surface area contributed by atoms with Gasteiger partial charge in [-0.05, 0) is 36.6 Å². The topological polar surface area (TPSA) is 12.0 Å². The van der Waals surface area contributed by atoms with Crippen LogP contribution in [0.2, 0.25) is 0 Å². The van der Waals surface area contributed by atoms with Gasteiger partial charge < -0.3 is 5.32 Å². The first-order valence-corrected chi connectivity index (χ1v) is 8.75. The Kier molecular flexibility index (Phi) is 4.38. The zero-order chi connectivity index (χ0) is 17.5. The Labute approximate surface area is 142 Å². The fraction of sp³-hybridized carbons (Fsp3) is 0.333. The molecule has 2 aromatic carbocycles. The van der Waals surface area contributed by atoms with Crippen molar-refractivity contribution >= 4 is 11.8 Å². The number of likely N-dealkylation sites (N-methyl/N-ethyl adjacent to an activating group) is 1. The molecule has 2 aromatic rings. The van der Waals surface area contributed by atoms with Crippen LogP contribution < -0.4 is 5.32 Å². The molecule has 128 valence electrons. The van der Waals surface area contributed by atoms with Gasteiger partial charge in [-0.2, -0.15) is 17.6 Å². The summed E-state index contributed by atoms with van der Waals surface area (Å²) in [6, 6.07) is 9.83. The fourth-order valence-corrected chi connectivity index (χ4v) is 3.71. The molecule has 1 unspecified atom stereocenters. The maximum absolute atomic E-state index is 14.8. The summed E-state index contributed by atoms with van der Waals surface area (Å²) in [5.41, 5.74) is -0.696. The molecule has 0 heterocycles. The molecule has 24 heavy (non-hydrogen) atoms. The van der Waals surface area contributed by atoms with Crippen LogP contribution in [0.15, 0.2) is 47.4 Å². The molecule has 1 aliphatic rings.